The number of para-hydroxylation sites is 1. The molecule has 1 aliphatic heterocycles. The maximum atomic E-state index is 13.1. The van der Waals surface area contributed by atoms with Crippen LogP contribution in [0.2, 0.25) is 0 Å². The van der Waals surface area contributed by atoms with Crippen LogP contribution in [0.1, 0.15) is 22.3 Å². The van der Waals surface area contributed by atoms with Gasteiger partial charge in [-0.2, -0.15) is 0 Å². The molecule has 1 fully saturated rings. The molecule has 9 heteroatoms. The minimum Gasteiger partial charge on any atom is -0.496 e. The molecule has 1 heterocycles. The molecule has 43 heavy (non-hydrogen) atoms. The van der Waals surface area contributed by atoms with Crippen molar-refractivity contribution in [2.75, 3.05) is 52.0 Å². The van der Waals surface area contributed by atoms with Crippen LogP contribution in [-0.2, 0) is 20.9 Å². The van der Waals surface area contributed by atoms with Gasteiger partial charge in [-0.15, -0.1) is 0 Å². The number of benzene rings is 4. The predicted molar refractivity (Wildman–Crippen MR) is 164 cm³/mol. The fraction of sp³-hybridized carbons (Fsp3) is 0.294. The van der Waals surface area contributed by atoms with E-state index in [1.54, 1.807) is 30.2 Å². The zero-order valence-electron chi connectivity index (χ0n) is 24.4. The topological polar surface area (TPSA) is 95.6 Å². The molecule has 4 aromatic rings. The number of carbonyl (C=O) groups excluding carboxylic acids is 2. The molecule has 0 bridgehead atoms. The highest BCUT2D eigenvalue weighted by molar-refractivity contribution is 5.99. The number of hydrogen-bond acceptors (Lipinski definition) is 8. The van der Waals surface area contributed by atoms with Crippen LogP contribution in [0.5, 0.6) is 17.2 Å². The molecule has 1 N–H and O–H groups in total. The van der Waals surface area contributed by atoms with Crippen molar-refractivity contribution in [2.45, 2.75) is 19.1 Å². The Kier molecular flexibility index (Phi) is 10.1. The lowest BCUT2D eigenvalue weighted by Gasteiger charge is -2.36. The van der Waals surface area contributed by atoms with E-state index in [1.165, 1.54) is 7.11 Å². The highest BCUT2D eigenvalue weighted by Crippen LogP contribution is 2.29. The van der Waals surface area contributed by atoms with Gasteiger partial charge in [0.05, 0.1) is 46.6 Å². The molecular formula is C34H36N2O7. The SMILES string of the molecule is COC(=O)c1cc(N2C(=O)CNCC2COc2ccc3ccccc3c2)ccc1OCCCOCc1ccccc1OC. The molecule has 9 nitrogen and oxygen atoms in total. The van der Waals surface area contributed by atoms with Gasteiger partial charge in [0, 0.05) is 24.2 Å². The normalized spacial score (nSPS) is 14.9. The van der Waals surface area contributed by atoms with Crippen molar-refractivity contribution in [3.05, 3.63) is 96.1 Å². The molecular weight excluding hydrogens is 548 g/mol. The number of methoxy groups -OCH3 is 2. The quantitative estimate of drug-likeness (QED) is 0.173. The summed E-state index contributed by atoms with van der Waals surface area (Å²) in [5.74, 6) is 1.23. The second-order valence-electron chi connectivity index (χ2n) is 10.1. The third-order valence-corrected chi connectivity index (χ3v) is 7.24. The van der Waals surface area contributed by atoms with Crippen molar-refractivity contribution in [1.82, 2.24) is 5.32 Å². The summed E-state index contributed by atoms with van der Waals surface area (Å²) in [6.07, 6.45) is 0.613. The number of nitrogens with one attached hydrogen (secondary N) is 1. The number of nitrogens with zero attached hydrogens (tertiary/aromatic N) is 1. The highest BCUT2D eigenvalue weighted by Gasteiger charge is 2.31. The lowest BCUT2D eigenvalue weighted by molar-refractivity contribution is -0.119. The van der Waals surface area contributed by atoms with E-state index in [4.69, 9.17) is 23.7 Å². The Morgan fingerprint density at radius 2 is 1.70 bits per heavy atom. The first kappa shape index (κ1) is 29.9. The summed E-state index contributed by atoms with van der Waals surface area (Å²) in [6, 6.07) is 26.6. The Bertz CT molecular complexity index is 1560. The second-order valence-corrected chi connectivity index (χ2v) is 10.1. The van der Waals surface area contributed by atoms with Gasteiger partial charge >= 0.3 is 5.97 Å². The van der Waals surface area contributed by atoms with Crippen LogP contribution < -0.4 is 24.4 Å². The van der Waals surface area contributed by atoms with E-state index in [9.17, 15) is 9.59 Å². The number of ether oxygens (including phenoxy) is 5. The third kappa shape index (κ3) is 7.43. The van der Waals surface area contributed by atoms with Gasteiger partial charge < -0.3 is 33.9 Å². The molecule has 0 radical (unpaired) electrons. The first-order valence-corrected chi connectivity index (χ1v) is 14.3. The van der Waals surface area contributed by atoms with Crippen LogP contribution >= 0.6 is 0 Å². The van der Waals surface area contributed by atoms with E-state index in [-0.39, 0.29) is 30.7 Å². The maximum absolute atomic E-state index is 13.1. The van der Waals surface area contributed by atoms with Crippen LogP contribution in [-0.4, -0.2) is 65.0 Å². The Balaban J connectivity index is 1.22. The Labute approximate surface area is 251 Å². The predicted octanol–water partition coefficient (Wildman–Crippen LogP) is 5.00. The standard InChI is InChI=1S/C34H36N2O7/c1-39-31-11-6-5-10-26(31)22-41-16-7-17-42-32-15-13-27(19-30(32)34(38)40-2)36-28(20-35-21-33(36)37)23-43-29-14-12-24-8-3-4-9-25(24)18-29/h3-6,8-15,18-19,28,35H,7,16-17,20-23H2,1-2H3. The van der Waals surface area contributed by atoms with Crippen molar-refractivity contribution in [3.63, 3.8) is 0 Å². The average molecular weight is 585 g/mol. The Hall–Kier alpha value is -4.60. The summed E-state index contributed by atoms with van der Waals surface area (Å²) < 4.78 is 28.3. The maximum Gasteiger partial charge on any atom is 0.341 e. The molecule has 5 rings (SSSR count). The molecule has 224 valence electrons. The molecule has 0 saturated carbocycles. The zero-order valence-corrected chi connectivity index (χ0v) is 24.4. The van der Waals surface area contributed by atoms with Gasteiger partial charge in [-0.25, -0.2) is 4.79 Å². The van der Waals surface area contributed by atoms with Crippen molar-refractivity contribution in [2.24, 2.45) is 0 Å². The lowest BCUT2D eigenvalue weighted by atomic mass is 10.1. The first-order valence-electron chi connectivity index (χ1n) is 14.3. The molecule has 1 saturated heterocycles. The Morgan fingerprint density at radius 1 is 0.884 bits per heavy atom. The van der Waals surface area contributed by atoms with Gasteiger partial charge in [-0.3, -0.25) is 4.79 Å². The van der Waals surface area contributed by atoms with Crippen molar-refractivity contribution in [1.29, 1.82) is 0 Å². The van der Waals surface area contributed by atoms with E-state index >= 15 is 0 Å². The van der Waals surface area contributed by atoms with E-state index in [0.29, 0.717) is 44.2 Å². The first-order chi connectivity index (χ1) is 21.1. The van der Waals surface area contributed by atoms with Crippen LogP contribution in [0.4, 0.5) is 5.69 Å². The molecule has 0 aliphatic carbocycles. The minimum atomic E-state index is -0.546. The van der Waals surface area contributed by atoms with Gasteiger partial charge in [0.25, 0.3) is 0 Å². The average Bonchev–Trinajstić information content (AvgIpc) is 3.05. The molecule has 1 aliphatic rings. The largest absolute Gasteiger partial charge is 0.496 e. The number of anilines is 1. The molecule has 1 unspecified atom stereocenters. The van der Waals surface area contributed by atoms with Crippen molar-refractivity contribution < 1.29 is 33.3 Å². The second kappa shape index (κ2) is 14.5. The van der Waals surface area contributed by atoms with E-state index in [2.05, 4.69) is 5.32 Å². The third-order valence-electron chi connectivity index (χ3n) is 7.24. The smallest absolute Gasteiger partial charge is 0.341 e. The van der Waals surface area contributed by atoms with Crippen LogP contribution in [0, 0.1) is 0 Å². The summed E-state index contributed by atoms with van der Waals surface area (Å²) in [4.78, 5) is 27.5. The van der Waals surface area contributed by atoms with Crippen LogP contribution in [0.3, 0.4) is 0 Å². The number of rotatable bonds is 13. The van der Waals surface area contributed by atoms with Crippen LogP contribution in [0.15, 0.2) is 84.9 Å². The molecule has 1 atom stereocenters. The minimum absolute atomic E-state index is 0.116. The van der Waals surface area contributed by atoms with E-state index in [1.807, 2.05) is 66.7 Å². The molecule has 0 aromatic heterocycles. The van der Waals surface area contributed by atoms with Gasteiger partial charge in [0.1, 0.15) is 29.4 Å². The summed E-state index contributed by atoms with van der Waals surface area (Å²) in [5.41, 5.74) is 1.79. The zero-order chi connectivity index (χ0) is 30.0. The molecule has 0 spiro atoms. The van der Waals surface area contributed by atoms with Crippen molar-refractivity contribution in [3.8, 4) is 17.2 Å². The number of esters is 1. The number of fused-ring (bicyclic) bond motifs is 1. The summed E-state index contributed by atoms with van der Waals surface area (Å²) >= 11 is 0. The number of carbonyl (C=O) groups is 2. The van der Waals surface area contributed by atoms with E-state index < -0.39 is 5.97 Å². The number of amides is 1. The fourth-order valence-corrected chi connectivity index (χ4v) is 5.07. The van der Waals surface area contributed by atoms with Crippen LogP contribution in [0.25, 0.3) is 10.8 Å². The highest BCUT2D eigenvalue weighted by atomic mass is 16.5. The van der Waals surface area contributed by atoms with Gasteiger partial charge in [0.2, 0.25) is 5.91 Å². The van der Waals surface area contributed by atoms with Crippen molar-refractivity contribution >= 4 is 28.3 Å². The lowest BCUT2D eigenvalue weighted by Crippen LogP contribution is -2.57. The van der Waals surface area contributed by atoms with Gasteiger partial charge in [-0.05, 0) is 47.2 Å². The Morgan fingerprint density at radius 3 is 2.53 bits per heavy atom. The summed E-state index contributed by atoms with van der Waals surface area (Å²) in [5, 5.41) is 5.37. The fourth-order valence-electron chi connectivity index (χ4n) is 5.07. The summed E-state index contributed by atoms with van der Waals surface area (Å²) in [6.45, 7) is 2.24. The van der Waals surface area contributed by atoms with Gasteiger partial charge in [-0.1, -0.05) is 48.5 Å². The number of hydrogen-bond donors (Lipinski definition) is 1. The number of piperazine rings is 1. The molecule has 1 amide bonds. The van der Waals surface area contributed by atoms with Gasteiger partial charge in [0.15, 0.2) is 0 Å². The van der Waals surface area contributed by atoms with E-state index in [0.717, 1.165) is 27.8 Å². The summed E-state index contributed by atoms with van der Waals surface area (Å²) in [7, 11) is 2.95. The monoisotopic (exact) mass is 584 g/mol. The molecule has 4 aromatic carbocycles.